The van der Waals surface area contributed by atoms with Crippen molar-refractivity contribution in [1.29, 1.82) is 0 Å². The molecule has 0 atom stereocenters. The van der Waals surface area contributed by atoms with Crippen molar-refractivity contribution in [2.45, 2.75) is 12.8 Å². The number of rotatable bonds is 4. The average Bonchev–Trinajstić information content (AvgIpc) is 3.92. The summed E-state index contributed by atoms with van der Waals surface area (Å²) in [5.74, 6) is -1.47. The minimum Gasteiger partial charge on any atom is -0.268 e. The summed E-state index contributed by atoms with van der Waals surface area (Å²) in [5, 5.41) is 6.34. The minimum atomic E-state index is -0.368. The van der Waals surface area contributed by atoms with Crippen LogP contribution in [0.1, 0.15) is 65.4 Å². The Labute approximate surface area is 297 Å². The highest BCUT2D eigenvalue weighted by Gasteiger charge is 2.38. The molecule has 7 aromatic carbocycles. The van der Waals surface area contributed by atoms with Gasteiger partial charge < -0.3 is 0 Å². The van der Waals surface area contributed by atoms with E-state index in [1.807, 2.05) is 84.9 Å². The monoisotopic (exact) mass is 670 g/mol. The van der Waals surface area contributed by atoms with Crippen molar-refractivity contribution in [3.05, 3.63) is 167 Å². The van der Waals surface area contributed by atoms with Crippen molar-refractivity contribution < 1.29 is 19.2 Å². The predicted octanol–water partition coefficient (Wildman–Crippen LogP) is 10.0. The first-order valence-corrected chi connectivity index (χ1v) is 17.4. The van der Waals surface area contributed by atoms with Crippen LogP contribution in [-0.4, -0.2) is 23.6 Å². The highest BCUT2D eigenvalue weighted by atomic mass is 16.2. The molecule has 0 aromatic heterocycles. The fourth-order valence-electron chi connectivity index (χ4n) is 8.71. The van der Waals surface area contributed by atoms with Crippen LogP contribution in [0.3, 0.4) is 0 Å². The van der Waals surface area contributed by atoms with Gasteiger partial charge in [0.2, 0.25) is 0 Å². The number of anilines is 2. The molecule has 0 bridgehead atoms. The van der Waals surface area contributed by atoms with E-state index in [1.165, 1.54) is 20.9 Å². The van der Waals surface area contributed by atoms with Gasteiger partial charge in [-0.15, -0.1) is 0 Å². The van der Waals surface area contributed by atoms with Crippen molar-refractivity contribution in [3.63, 3.8) is 0 Å². The summed E-state index contributed by atoms with van der Waals surface area (Å²) in [6.45, 7) is 0. The number of nitrogens with zero attached hydrogens (tertiary/aromatic N) is 2. The number of benzene rings is 7. The van der Waals surface area contributed by atoms with Gasteiger partial charge in [-0.25, -0.2) is 9.80 Å². The summed E-state index contributed by atoms with van der Waals surface area (Å²) < 4.78 is 0. The van der Waals surface area contributed by atoms with Crippen LogP contribution in [0, 0.1) is 0 Å². The molecule has 0 radical (unpaired) electrons. The number of allylic oxidation sites excluding steroid dienone is 8. The third kappa shape index (κ3) is 3.73. The normalized spacial score (nSPS) is 16.5. The third-order valence-corrected chi connectivity index (χ3v) is 11.2. The summed E-state index contributed by atoms with van der Waals surface area (Å²) in [7, 11) is 0. The molecular formula is C46H26N2O4. The van der Waals surface area contributed by atoms with Gasteiger partial charge in [-0.05, 0) is 116 Å². The van der Waals surface area contributed by atoms with E-state index in [0.717, 1.165) is 56.3 Å². The van der Waals surface area contributed by atoms with E-state index < -0.39 is 0 Å². The second-order valence-electron chi connectivity index (χ2n) is 13.8. The fourth-order valence-corrected chi connectivity index (χ4v) is 8.71. The minimum absolute atomic E-state index is 0.368. The maximum absolute atomic E-state index is 14.2. The lowest BCUT2D eigenvalue weighted by molar-refractivity contribution is 0.0877. The largest absolute Gasteiger partial charge is 0.268 e. The van der Waals surface area contributed by atoms with Crippen molar-refractivity contribution in [2.24, 2.45) is 0 Å². The van der Waals surface area contributed by atoms with Gasteiger partial charge in [0.05, 0.1) is 11.4 Å². The van der Waals surface area contributed by atoms with E-state index in [4.69, 9.17) is 0 Å². The zero-order valence-corrected chi connectivity index (χ0v) is 27.6. The zero-order valence-electron chi connectivity index (χ0n) is 27.6. The first kappa shape index (κ1) is 28.9. The summed E-state index contributed by atoms with van der Waals surface area (Å²) in [5.41, 5.74) is 7.40. The molecule has 2 heterocycles. The standard InChI is InChI=1S/C46H26N2O4/c49-43-35-21-17-31-33-19-23-37-42-38(46(52)48(45(37)51)30-15-11-28(12-16-30)26-7-3-4-8-26)24-20-34(40(33)42)32-18-22-36(41(35)39(31)32)44(50)47(43)29-13-9-27(10-14-29)25-5-1-2-6-25/h1-5,7,9-24H,6,8H2. The first-order chi connectivity index (χ1) is 25.5. The van der Waals surface area contributed by atoms with Crippen molar-refractivity contribution >= 4 is 89.2 Å². The van der Waals surface area contributed by atoms with Gasteiger partial charge in [0, 0.05) is 33.0 Å². The number of amides is 4. The molecule has 0 unspecified atom stereocenters. The molecule has 52 heavy (non-hydrogen) atoms. The number of carbonyl (C=O) groups excluding carboxylic acids is 4. The molecule has 11 rings (SSSR count). The van der Waals surface area contributed by atoms with Gasteiger partial charge in [-0.2, -0.15) is 0 Å². The smallest absolute Gasteiger partial charge is 0.265 e. The van der Waals surface area contributed by atoms with Gasteiger partial charge in [-0.3, -0.25) is 19.2 Å². The van der Waals surface area contributed by atoms with Crippen LogP contribution >= 0.6 is 0 Å². The average molecular weight is 671 g/mol. The molecule has 7 aromatic rings. The third-order valence-electron chi connectivity index (χ3n) is 11.2. The van der Waals surface area contributed by atoms with Crippen LogP contribution in [-0.2, 0) is 0 Å². The SMILES string of the molecule is O=C1c2ccc3c4ccc5c6c(ccc(c7ccc(c2c37)C(=O)N1c1ccc(C2=CC=CC2)cc1)c64)C(=O)N(c1ccc(C2=CC=CC2)cc1)C5=O. The summed E-state index contributed by atoms with van der Waals surface area (Å²) >= 11 is 0. The Bertz CT molecular complexity index is 2640. The Hall–Kier alpha value is -6.92. The van der Waals surface area contributed by atoms with Crippen LogP contribution in [0.4, 0.5) is 11.4 Å². The Morgan fingerprint density at radius 2 is 0.692 bits per heavy atom. The van der Waals surface area contributed by atoms with Crippen molar-refractivity contribution in [1.82, 2.24) is 0 Å². The van der Waals surface area contributed by atoms with Gasteiger partial charge in [0.15, 0.2) is 0 Å². The van der Waals surface area contributed by atoms with Gasteiger partial charge in [-0.1, -0.05) is 85.0 Å². The van der Waals surface area contributed by atoms with E-state index in [0.29, 0.717) is 44.4 Å². The Balaban J connectivity index is 1.05. The molecule has 0 spiro atoms. The molecule has 0 N–H and O–H groups in total. The lowest BCUT2D eigenvalue weighted by Crippen LogP contribution is -2.40. The quantitative estimate of drug-likeness (QED) is 0.106. The van der Waals surface area contributed by atoms with Crippen LogP contribution in [0.15, 0.2) is 134 Å². The maximum Gasteiger partial charge on any atom is 0.265 e. The topological polar surface area (TPSA) is 74.8 Å². The number of hydrogen-bond donors (Lipinski definition) is 0. The van der Waals surface area contributed by atoms with Crippen LogP contribution in [0.5, 0.6) is 0 Å². The Kier molecular flexibility index (Phi) is 5.72. The first-order valence-electron chi connectivity index (χ1n) is 17.4. The zero-order chi connectivity index (χ0) is 34.8. The molecule has 4 amide bonds. The lowest BCUT2D eigenvalue weighted by Gasteiger charge is -2.30. The molecule has 0 saturated carbocycles. The molecule has 4 aliphatic rings. The second kappa shape index (κ2) is 10.3. The van der Waals surface area contributed by atoms with Gasteiger partial charge >= 0.3 is 0 Å². The summed E-state index contributed by atoms with van der Waals surface area (Å²) in [6.07, 6.45) is 14.1. The predicted molar refractivity (Wildman–Crippen MR) is 206 cm³/mol. The molecule has 6 heteroatoms. The second-order valence-corrected chi connectivity index (χ2v) is 13.8. The summed E-state index contributed by atoms with van der Waals surface area (Å²) in [4.78, 5) is 59.2. The van der Waals surface area contributed by atoms with Crippen molar-refractivity contribution in [3.8, 4) is 0 Å². The van der Waals surface area contributed by atoms with Crippen LogP contribution < -0.4 is 9.80 Å². The number of imide groups is 2. The molecular weight excluding hydrogens is 645 g/mol. The number of fused-ring (bicyclic) bond motifs is 2. The lowest BCUT2D eigenvalue weighted by atomic mass is 9.82. The van der Waals surface area contributed by atoms with E-state index in [2.05, 4.69) is 24.3 Å². The van der Waals surface area contributed by atoms with Crippen molar-refractivity contribution in [2.75, 3.05) is 9.80 Å². The fraction of sp³-hybridized carbons (Fsp3) is 0.0435. The van der Waals surface area contributed by atoms with Crippen LogP contribution in [0.25, 0.3) is 54.2 Å². The highest BCUT2D eigenvalue weighted by molar-refractivity contribution is 6.45. The van der Waals surface area contributed by atoms with E-state index in [1.54, 1.807) is 24.3 Å². The van der Waals surface area contributed by atoms with Gasteiger partial charge in [0.25, 0.3) is 23.6 Å². The molecule has 6 nitrogen and oxygen atoms in total. The van der Waals surface area contributed by atoms with Crippen LogP contribution in [0.2, 0.25) is 0 Å². The molecule has 2 aliphatic carbocycles. The summed E-state index contributed by atoms with van der Waals surface area (Å²) in [6, 6.07) is 30.1. The Morgan fingerprint density at radius 3 is 0.981 bits per heavy atom. The molecule has 244 valence electrons. The van der Waals surface area contributed by atoms with E-state index in [9.17, 15) is 19.2 Å². The van der Waals surface area contributed by atoms with E-state index >= 15 is 0 Å². The number of hydrogen-bond acceptors (Lipinski definition) is 4. The molecule has 0 fully saturated rings. The number of carbonyl (C=O) groups is 4. The molecule has 2 aliphatic heterocycles. The Morgan fingerprint density at radius 1 is 0.365 bits per heavy atom. The molecule has 0 saturated heterocycles. The highest BCUT2D eigenvalue weighted by Crippen LogP contribution is 2.47. The van der Waals surface area contributed by atoms with Gasteiger partial charge in [0.1, 0.15) is 0 Å². The van der Waals surface area contributed by atoms with E-state index in [-0.39, 0.29) is 23.6 Å². The maximum atomic E-state index is 14.2.